The molecule has 116 valence electrons. The Balaban J connectivity index is 2.35. The van der Waals surface area contributed by atoms with E-state index in [9.17, 15) is 10.1 Å². The highest BCUT2D eigenvalue weighted by atomic mass is 16.6. The van der Waals surface area contributed by atoms with Crippen molar-refractivity contribution in [3.63, 3.8) is 0 Å². The first-order valence-electron chi connectivity index (χ1n) is 6.82. The highest BCUT2D eigenvalue weighted by Crippen LogP contribution is 2.34. The van der Waals surface area contributed by atoms with Crippen LogP contribution < -0.4 is 10.5 Å². The smallest absolute Gasteiger partial charge is 0.352 e. The Bertz CT molecular complexity index is 659. The largest absolute Gasteiger partial charge is 0.468 e. The predicted molar refractivity (Wildman–Crippen MR) is 81.5 cm³/mol. The Morgan fingerprint density at radius 2 is 1.95 bits per heavy atom. The number of hydrogen-bond acceptors (Lipinski definition) is 6. The Hall–Kier alpha value is -2.54. The number of nitro groups is 1. The first-order chi connectivity index (χ1) is 10.5. The second kappa shape index (κ2) is 6.48. The van der Waals surface area contributed by atoms with Crippen LogP contribution in [0.2, 0.25) is 0 Å². The standard InChI is InChI=1S/C15H18N4O3/c1-15(2,9-16)13-12(19(20)21)14(18-10-17-13)22-8-11-6-4-3-5-7-11/h3-7,10H,8-9,16H2,1-2H3. The number of hydrogen-bond donors (Lipinski definition) is 1. The summed E-state index contributed by atoms with van der Waals surface area (Å²) in [5.74, 6) is -0.0413. The van der Waals surface area contributed by atoms with E-state index in [2.05, 4.69) is 9.97 Å². The maximum absolute atomic E-state index is 11.4. The fourth-order valence-corrected chi connectivity index (χ4v) is 1.95. The molecule has 0 amide bonds. The van der Waals surface area contributed by atoms with Crippen molar-refractivity contribution in [3.8, 4) is 5.88 Å². The molecular formula is C15H18N4O3. The van der Waals surface area contributed by atoms with E-state index in [1.165, 1.54) is 6.33 Å². The van der Waals surface area contributed by atoms with E-state index < -0.39 is 10.3 Å². The maximum atomic E-state index is 11.4. The third kappa shape index (κ3) is 3.37. The van der Waals surface area contributed by atoms with Gasteiger partial charge in [0.1, 0.15) is 18.6 Å². The zero-order valence-electron chi connectivity index (χ0n) is 12.5. The highest BCUT2D eigenvalue weighted by Gasteiger charge is 2.34. The molecule has 2 N–H and O–H groups in total. The fraction of sp³-hybridized carbons (Fsp3) is 0.333. The number of benzene rings is 1. The van der Waals surface area contributed by atoms with Crippen LogP contribution in [-0.4, -0.2) is 21.4 Å². The monoisotopic (exact) mass is 302 g/mol. The fourth-order valence-electron chi connectivity index (χ4n) is 1.95. The molecule has 1 aromatic carbocycles. The zero-order valence-corrected chi connectivity index (χ0v) is 12.5. The Kier molecular flexibility index (Phi) is 4.67. The number of rotatable bonds is 6. The molecule has 0 spiro atoms. The highest BCUT2D eigenvalue weighted by molar-refractivity contribution is 5.48. The lowest BCUT2D eigenvalue weighted by molar-refractivity contribution is -0.387. The van der Waals surface area contributed by atoms with E-state index in [0.717, 1.165) is 5.56 Å². The normalized spacial score (nSPS) is 11.2. The lowest BCUT2D eigenvalue weighted by atomic mass is 9.88. The lowest BCUT2D eigenvalue weighted by Crippen LogP contribution is -2.30. The van der Waals surface area contributed by atoms with Crippen LogP contribution in [0, 0.1) is 10.1 Å². The van der Waals surface area contributed by atoms with Gasteiger partial charge in [-0.2, -0.15) is 4.98 Å². The second-order valence-electron chi connectivity index (χ2n) is 5.50. The molecule has 22 heavy (non-hydrogen) atoms. The third-order valence-electron chi connectivity index (χ3n) is 3.34. The molecule has 7 heteroatoms. The van der Waals surface area contributed by atoms with Gasteiger partial charge in [-0.1, -0.05) is 44.2 Å². The van der Waals surface area contributed by atoms with Crippen LogP contribution in [0.4, 0.5) is 5.69 Å². The second-order valence-corrected chi connectivity index (χ2v) is 5.50. The van der Waals surface area contributed by atoms with Crippen molar-refractivity contribution in [2.45, 2.75) is 25.9 Å². The molecule has 0 aliphatic heterocycles. The van der Waals surface area contributed by atoms with Gasteiger partial charge in [0.15, 0.2) is 0 Å². The number of nitrogens with zero attached hydrogens (tertiary/aromatic N) is 3. The van der Waals surface area contributed by atoms with Crippen molar-refractivity contribution in [2.75, 3.05) is 6.54 Å². The summed E-state index contributed by atoms with van der Waals surface area (Å²) in [6.07, 6.45) is 1.26. The first kappa shape index (κ1) is 15.8. The summed E-state index contributed by atoms with van der Waals surface area (Å²) in [4.78, 5) is 18.9. The molecule has 0 bridgehead atoms. The van der Waals surface area contributed by atoms with E-state index in [-0.39, 0.29) is 30.4 Å². The molecule has 0 saturated heterocycles. The number of aromatic nitrogens is 2. The van der Waals surface area contributed by atoms with E-state index in [1.54, 1.807) is 13.8 Å². The van der Waals surface area contributed by atoms with Crippen LogP contribution in [0.1, 0.15) is 25.1 Å². The van der Waals surface area contributed by atoms with Gasteiger partial charge in [-0.3, -0.25) is 10.1 Å². The predicted octanol–water partition coefficient (Wildman–Crippen LogP) is 2.20. The molecule has 0 atom stereocenters. The van der Waals surface area contributed by atoms with Crippen LogP contribution >= 0.6 is 0 Å². The molecule has 1 heterocycles. The molecule has 7 nitrogen and oxygen atoms in total. The summed E-state index contributed by atoms with van der Waals surface area (Å²) in [6.45, 7) is 4.01. The van der Waals surface area contributed by atoms with E-state index in [4.69, 9.17) is 10.5 Å². The van der Waals surface area contributed by atoms with Crippen molar-refractivity contribution in [3.05, 3.63) is 58.0 Å². The van der Waals surface area contributed by atoms with Gasteiger partial charge < -0.3 is 10.5 Å². The van der Waals surface area contributed by atoms with Crippen molar-refractivity contribution in [1.82, 2.24) is 9.97 Å². The van der Waals surface area contributed by atoms with Crippen molar-refractivity contribution >= 4 is 5.69 Å². The van der Waals surface area contributed by atoms with Crippen LogP contribution in [0.25, 0.3) is 0 Å². The van der Waals surface area contributed by atoms with Crippen molar-refractivity contribution in [2.24, 2.45) is 5.73 Å². The van der Waals surface area contributed by atoms with Gasteiger partial charge >= 0.3 is 5.69 Å². The minimum Gasteiger partial charge on any atom is -0.468 e. The van der Waals surface area contributed by atoms with Gasteiger partial charge in [-0.05, 0) is 5.56 Å². The van der Waals surface area contributed by atoms with E-state index in [0.29, 0.717) is 0 Å². The van der Waals surface area contributed by atoms with Crippen LogP contribution in [0.5, 0.6) is 5.88 Å². The van der Waals surface area contributed by atoms with Gasteiger partial charge in [0.05, 0.1) is 4.92 Å². The summed E-state index contributed by atoms with van der Waals surface area (Å²) >= 11 is 0. The lowest BCUT2D eigenvalue weighted by Gasteiger charge is -2.21. The number of ether oxygens (including phenoxy) is 1. The van der Waals surface area contributed by atoms with Gasteiger partial charge in [0.25, 0.3) is 5.88 Å². The summed E-state index contributed by atoms with van der Waals surface area (Å²) in [7, 11) is 0. The average molecular weight is 302 g/mol. The topological polar surface area (TPSA) is 104 Å². The Morgan fingerprint density at radius 3 is 2.55 bits per heavy atom. The summed E-state index contributed by atoms with van der Waals surface area (Å²) in [5.41, 5.74) is 6.00. The molecule has 0 aliphatic carbocycles. The Labute approximate surface area is 128 Å². The molecule has 1 aromatic heterocycles. The Morgan fingerprint density at radius 1 is 1.27 bits per heavy atom. The summed E-state index contributed by atoms with van der Waals surface area (Å²) in [5, 5.41) is 11.4. The van der Waals surface area contributed by atoms with Gasteiger partial charge in [0, 0.05) is 12.0 Å². The molecule has 0 saturated carbocycles. The molecule has 2 aromatic rings. The van der Waals surface area contributed by atoms with Crippen LogP contribution in [0.3, 0.4) is 0 Å². The minimum absolute atomic E-state index is 0.0413. The third-order valence-corrected chi connectivity index (χ3v) is 3.34. The van der Waals surface area contributed by atoms with Crippen molar-refractivity contribution < 1.29 is 9.66 Å². The first-order valence-corrected chi connectivity index (χ1v) is 6.82. The molecular weight excluding hydrogens is 284 g/mol. The molecule has 2 rings (SSSR count). The average Bonchev–Trinajstić information content (AvgIpc) is 2.53. The van der Waals surface area contributed by atoms with Crippen LogP contribution in [-0.2, 0) is 12.0 Å². The van der Waals surface area contributed by atoms with Crippen molar-refractivity contribution in [1.29, 1.82) is 0 Å². The molecule has 0 radical (unpaired) electrons. The molecule has 0 fully saturated rings. The van der Waals surface area contributed by atoms with Crippen LogP contribution in [0.15, 0.2) is 36.7 Å². The maximum Gasteiger partial charge on any atom is 0.352 e. The quantitative estimate of drug-likeness (QED) is 0.648. The molecule has 0 aliphatic rings. The zero-order chi connectivity index (χ0) is 16.2. The number of nitrogens with two attached hydrogens (primary N) is 1. The summed E-state index contributed by atoms with van der Waals surface area (Å²) in [6, 6.07) is 9.38. The van der Waals surface area contributed by atoms with Gasteiger partial charge in [-0.15, -0.1) is 0 Å². The minimum atomic E-state index is -0.643. The van der Waals surface area contributed by atoms with Gasteiger partial charge in [0.2, 0.25) is 0 Å². The molecule has 0 unspecified atom stereocenters. The van der Waals surface area contributed by atoms with E-state index >= 15 is 0 Å². The van der Waals surface area contributed by atoms with Gasteiger partial charge in [-0.25, -0.2) is 4.98 Å². The summed E-state index contributed by atoms with van der Waals surface area (Å²) < 4.78 is 5.53. The van der Waals surface area contributed by atoms with E-state index in [1.807, 2.05) is 30.3 Å². The SMILES string of the molecule is CC(C)(CN)c1ncnc(OCc2ccccc2)c1[N+](=O)[O-].